The number of carboxylic acid groups (broad SMARTS) is 1. The molecule has 3 aromatic rings. The van der Waals surface area contributed by atoms with Crippen molar-refractivity contribution in [2.24, 2.45) is 0 Å². The average molecular weight is 371 g/mol. The van der Waals surface area contributed by atoms with Crippen molar-refractivity contribution < 1.29 is 9.90 Å². The van der Waals surface area contributed by atoms with Crippen molar-refractivity contribution in [2.45, 2.75) is 32.2 Å². The SMILES string of the molecule is O=C(O)c1c2c(nn1CCCNCCc1cccs1)-c1cn[nH]c1CC2. The molecule has 3 aromatic heterocycles. The predicted octanol–water partition coefficient (Wildman–Crippen LogP) is 2.35. The molecule has 3 N–H and O–H groups in total. The van der Waals surface area contributed by atoms with Crippen LogP contribution in [0.15, 0.2) is 23.7 Å². The van der Waals surface area contributed by atoms with E-state index in [1.165, 1.54) is 4.88 Å². The van der Waals surface area contributed by atoms with Crippen LogP contribution < -0.4 is 5.32 Å². The maximum absolute atomic E-state index is 11.8. The van der Waals surface area contributed by atoms with Gasteiger partial charge in [-0.2, -0.15) is 10.2 Å². The van der Waals surface area contributed by atoms with Gasteiger partial charge in [-0.05, 0) is 50.2 Å². The van der Waals surface area contributed by atoms with Gasteiger partial charge in [-0.1, -0.05) is 6.07 Å². The molecule has 1 aliphatic rings. The quantitative estimate of drug-likeness (QED) is 0.528. The van der Waals surface area contributed by atoms with E-state index in [9.17, 15) is 9.90 Å². The number of fused-ring (bicyclic) bond motifs is 3. The molecule has 136 valence electrons. The van der Waals surface area contributed by atoms with Gasteiger partial charge in [-0.15, -0.1) is 11.3 Å². The minimum Gasteiger partial charge on any atom is -0.477 e. The number of aromatic nitrogens is 4. The van der Waals surface area contributed by atoms with E-state index >= 15 is 0 Å². The van der Waals surface area contributed by atoms with Crippen molar-refractivity contribution in [3.63, 3.8) is 0 Å². The molecule has 0 saturated carbocycles. The molecular formula is C18H21N5O2S. The topological polar surface area (TPSA) is 95.8 Å². The van der Waals surface area contributed by atoms with E-state index < -0.39 is 5.97 Å². The molecule has 0 atom stereocenters. The lowest BCUT2D eigenvalue weighted by Gasteiger charge is -2.10. The second-order valence-electron chi connectivity index (χ2n) is 6.40. The van der Waals surface area contributed by atoms with Crippen molar-refractivity contribution in [3.8, 4) is 11.3 Å². The highest BCUT2D eigenvalue weighted by molar-refractivity contribution is 7.09. The number of nitrogens with zero attached hydrogens (tertiary/aromatic N) is 3. The number of carbonyl (C=O) groups is 1. The Labute approximate surface area is 155 Å². The largest absolute Gasteiger partial charge is 0.477 e. The van der Waals surface area contributed by atoms with Crippen molar-refractivity contribution in [1.82, 2.24) is 25.3 Å². The van der Waals surface area contributed by atoms with Gasteiger partial charge >= 0.3 is 5.97 Å². The summed E-state index contributed by atoms with van der Waals surface area (Å²) in [6.45, 7) is 2.36. The summed E-state index contributed by atoms with van der Waals surface area (Å²) < 4.78 is 1.65. The first-order valence-electron chi connectivity index (χ1n) is 8.82. The predicted molar refractivity (Wildman–Crippen MR) is 99.7 cm³/mol. The van der Waals surface area contributed by atoms with Crippen LogP contribution >= 0.6 is 11.3 Å². The van der Waals surface area contributed by atoms with E-state index in [-0.39, 0.29) is 0 Å². The fraction of sp³-hybridized carbons (Fsp3) is 0.389. The molecule has 0 saturated heterocycles. The third kappa shape index (κ3) is 3.30. The Bertz CT molecular complexity index is 897. The lowest BCUT2D eigenvalue weighted by atomic mass is 9.94. The highest BCUT2D eigenvalue weighted by Crippen LogP contribution is 2.33. The molecule has 0 radical (unpaired) electrons. The van der Waals surface area contributed by atoms with E-state index in [0.29, 0.717) is 18.7 Å². The fourth-order valence-corrected chi connectivity index (χ4v) is 4.17. The molecule has 26 heavy (non-hydrogen) atoms. The Balaban J connectivity index is 1.38. The molecule has 0 unspecified atom stereocenters. The molecule has 1 aliphatic carbocycles. The standard InChI is InChI=1S/C18H21N5O2S/c24-18(25)17-13-4-5-15-14(11-20-21-15)16(13)22-23(17)9-2-7-19-8-6-12-3-1-10-26-12/h1,3,10-11,19H,2,4-9H2,(H,20,21)(H,24,25). The summed E-state index contributed by atoms with van der Waals surface area (Å²) in [5.74, 6) is -0.906. The zero-order chi connectivity index (χ0) is 17.9. The monoisotopic (exact) mass is 371 g/mol. The van der Waals surface area contributed by atoms with Gasteiger partial charge in [0.05, 0.1) is 11.9 Å². The smallest absolute Gasteiger partial charge is 0.354 e. The summed E-state index contributed by atoms with van der Waals surface area (Å²) in [6.07, 6.45) is 5.06. The molecule has 0 aliphatic heterocycles. The number of thiophene rings is 1. The Morgan fingerprint density at radius 3 is 3.12 bits per heavy atom. The Morgan fingerprint density at radius 1 is 1.38 bits per heavy atom. The molecule has 8 heteroatoms. The van der Waals surface area contributed by atoms with E-state index in [4.69, 9.17) is 0 Å². The molecule has 0 fully saturated rings. The Kier molecular flexibility index (Phi) is 4.85. The van der Waals surface area contributed by atoms with Gasteiger partial charge in [0.25, 0.3) is 0 Å². The second-order valence-corrected chi connectivity index (χ2v) is 7.43. The van der Waals surface area contributed by atoms with Gasteiger partial charge in [-0.3, -0.25) is 9.78 Å². The van der Waals surface area contributed by atoms with E-state index in [0.717, 1.165) is 54.9 Å². The van der Waals surface area contributed by atoms with Crippen LogP contribution in [0.5, 0.6) is 0 Å². The summed E-state index contributed by atoms with van der Waals surface area (Å²) in [7, 11) is 0. The van der Waals surface area contributed by atoms with Crippen LogP contribution in [-0.2, 0) is 25.8 Å². The van der Waals surface area contributed by atoms with Crippen molar-refractivity contribution in [2.75, 3.05) is 13.1 Å². The van der Waals surface area contributed by atoms with E-state index in [1.807, 2.05) is 0 Å². The number of carboxylic acids is 1. The molecule has 7 nitrogen and oxygen atoms in total. The number of nitrogens with one attached hydrogen (secondary N) is 2. The third-order valence-electron chi connectivity index (χ3n) is 4.70. The Morgan fingerprint density at radius 2 is 2.31 bits per heavy atom. The van der Waals surface area contributed by atoms with Gasteiger partial charge in [0, 0.05) is 28.2 Å². The summed E-state index contributed by atoms with van der Waals surface area (Å²) in [4.78, 5) is 13.1. The number of aromatic carboxylic acids is 1. The number of aromatic amines is 1. The first-order valence-corrected chi connectivity index (χ1v) is 9.70. The van der Waals surface area contributed by atoms with Crippen molar-refractivity contribution in [1.29, 1.82) is 0 Å². The number of aryl methyl sites for hydroxylation is 2. The molecule has 0 bridgehead atoms. The first-order chi connectivity index (χ1) is 12.7. The van der Waals surface area contributed by atoms with Crippen LogP contribution in [0.3, 0.4) is 0 Å². The van der Waals surface area contributed by atoms with Gasteiger partial charge < -0.3 is 10.4 Å². The highest BCUT2D eigenvalue weighted by Gasteiger charge is 2.28. The molecule has 3 heterocycles. The zero-order valence-corrected chi connectivity index (χ0v) is 15.2. The van der Waals surface area contributed by atoms with Gasteiger partial charge in [0.2, 0.25) is 0 Å². The normalized spacial score (nSPS) is 12.8. The van der Waals surface area contributed by atoms with Gasteiger partial charge in [0.1, 0.15) is 5.69 Å². The lowest BCUT2D eigenvalue weighted by Crippen LogP contribution is -2.21. The van der Waals surface area contributed by atoms with E-state index in [2.05, 4.69) is 38.1 Å². The fourth-order valence-electron chi connectivity index (χ4n) is 3.46. The average Bonchev–Trinajstić information content (AvgIpc) is 3.35. The molecule has 0 spiro atoms. The van der Waals surface area contributed by atoms with Crippen LogP contribution in [0.1, 0.15) is 33.0 Å². The highest BCUT2D eigenvalue weighted by atomic mass is 32.1. The zero-order valence-electron chi connectivity index (χ0n) is 14.4. The second kappa shape index (κ2) is 7.43. The lowest BCUT2D eigenvalue weighted by molar-refractivity contribution is 0.0681. The van der Waals surface area contributed by atoms with Crippen LogP contribution in [0.4, 0.5) is 0 Å². The van der Waals surface area contributed by atoms with Gasteiger partial charge in [0.15, 0.2) is 0 Å². The van der Waals surface area contributed by atoms with E-state index in [1.54, 1.807) is 22.2 Å². The maximum Gasteiger partial charge on any atom is 0.354 e. The third-order valence-corrected chi connectivity index (χ3v) is 5.64. The van der Waals surface area contributed by atoms with Crippen LogP contribution in [0.2, 0.25) is 0 Å². The Hall–Kier alpha value is -2.45. The minimum absolute atomic E-state index is 0.324. The van der Waals surface area contributed by atoms with Gasteiger partial charge in [-0.25, -0.2) is 4.79 Å². The summed E-state index contributed by atoms with van der Waals surface area (Å²) >= 11 is 1.77. The number of hydrogen-bond acceptors (Lipinski definition) is 5. The molecule has 4 rings (SSSR count). The molecule has 0 amide bonds. The molecular weight excluding hydrogens is 350 g/mol. The summed E-state index contributed by atoms with van der Waals surface area (Å²) in [5.41, 5.74) is 3.89. The van der Waals surface area contributed by atoms with Crippen LogP contribution in [0, 0.1) is 0 Å². The molecule has 0 aromatic carbocycles. The van der Waals surface area contributed by atoms with Crippen LogP contribution in [-0.4, -0.2) is 44.1 Å². The number of hydrogen-bond donors (Lipinski definition) is 3. The number of H-pyrrole nitrogens is 1. The minimum atomic E-state index is -0.906. The maximum atomic E-state index is 11.8. The van der Waals surface area contributed by atoms with Crippen molar-refractivity contribution >= 4 is 17.3 Å². The number of rotatable bonds is 8. The van der Waals surface area contributed by atoms with Crippen LogP contribution in [0.25, 0.3) is 11.3 Å². The summed E-state index contributed by atoms with van der Waals surface area (Å²) in [6, 6.07) is 4.21. The first kappa shape index (κ1) is 17.0. The summed E-state index contributed by atoms with van der Waals surface area (Å²) in [5, 5.41) is 26.8. The van der Waals surface area contributed by atoms with Crippen molar-refractivity contribution in [3.05, 3.63) is 45.5 Å².